The van der Waals surface area contributed by atoms with Gasteiger partial charge in [0.1, 0.15) is 0 Å². The molecule has 20 heavy (non-hydrogen) atoms. The van der Waals surface area contributed by atoms with E-state index in [0.29, 0.717) is 30.1 Å². The Kier molecular flexibility index (Phi) is 3.90. The second-order valence-electron chi connectivity index (χ2n) is 5.80. The third-order valence-electron chi connectivity index (χ3n) is 3.34. The Balaban J connectivity index is 2.30. The summed E-state index contributed by atoms with van der Waals surface area (Å²) in [5.41, 5.74) is 6.48. The zero-order chi connectivity index (χ0) is 14.9. The average Bonchev–Trinajstić information content (AvgIpc) is 2.35. The first kappa shape index (κ1) is 14.7. The number of morpholine rings is 1. The largest absolute Gasteiger partial charge is 0.494 e. The molecule has 110 valence electrons. The van der Waals surface area contributed by atoms with Crippen molar-refractivity contribution in [3.8, 4) is 5.75 Å². The number of rotatable bonds is 2. The summed E-state index contributed by atoms with van der Waals surface area (Å²) < 4.78 is 11.1. The van der Waals surface area contributed by atoms with Crippen LogP contribution in [0.4, 0.5) is 5.69 Å². The van der Waals surface area contributed by atoms with E-state index < -0.39 is 0 Å². The molecule has 1 unspecified atom stereocenters. The number of nitrogens with two attached hydrogens (primary N) is 1. The van der Waals surface area contributed by atoms with Gasteiger partial charge in [-0.05, 0) is 32.9 Å². The van der Waals surface area contributed by atoms with Crippen molar-refractivity contribution in [1.82, 2.24) is 4.90 Å². The van der Waals surface area contributed by atoms with Gasteiger partial charge in [0.15, 0.2) is 5.75 Å². The molecule has 1 aliphatic heterocycles. The minimum Gasteiger partial charge on any atom is -0.494 e. The fourth-order valence-electron chi connectivity index (χ4n) is 2.73. The number of methoxy groups -OCH3 is 1. The predicted molar refractivity (Wildman–Crippen MR) is 77.9 cm³/mol. The summed E-state index contributed by atoms with van der Waals surface area (Å²) in [6.45, 7) is 7.06. The van der Waals surface area contributed by atoms with Gasteiger partial charge < -0.3 is 20.1 Å². The minimum atomic E-state index is -0.346. The zero-order valence-electron chi connectivity index (χ0n) is 12.5. The van der Waals surface area contributed by atoms with E-state index in [2.05, 4.69) is 0 Å². The van der Waals surface area contributed by atoms with Gasteiger partial charge >= 0.3 is 0 Å². The quantitative estimate of drug-likeness (QED) is 0.839. The fourth-order valence-corrected chi connectivity index (χ4v) is 2.73. The van der Waals surface area contributed by atoms with Crippen molar-refractivity contribution in [2.24, 2.45) is 0 Å². The first-order chi connectivity index (χ1) is 9.34. The lowest BCUT2D eigenvalue weighted by molar-refractivity contribution is -0.118. The molecule has 1 amide bonds. The molecule has 0 bridgehead atoms. The number of carbonyl (C=O) groups excluding carboxylic acids is 1. The molecular weight excluding hydrogens is 256 g/mol. The smallest absolute Gasteiger partial charge is 0.257 e. The lowest BCUT2D eigenvalue weighted by Gasteiger charge is -2.41. The van der Waals surface area contributed by atoms with Crippen LogP contribution >= 0.6 is 0 Å². The van der Waals surface area contributed by atoms with Gasteiger partial charge in [0, 0.05) is 13.1 Å². The van der Waals surface area contributed by atoms with Crippen molar-refractivity contribution in [3.05, 3.63) is 23.8 Å². The van der Waals surface area contributed by atoms with Crippen LogP contribution in [0.2, 0.25) is 0 Å². The molecular formula is C15H22N2O3. The van der Waals surface area contributed by atoms with Crippen LogP contribution in [0.25, 0.3) is 0 Å². The van der Waals surface area contributed by atoms with Gasteiger partial charge in [0.05, 0.1) is 30.1 Å². The molecule has 1 heterocycles. The van der Waals surface area contributed by atoms with E-state index in [4.69, 9.17) is 15.2 Å². The number of hydrogen-bond acceptors (Lipinski definition) is 4. The van der Waals surface area contributed by atoms with Crippen LogP contribution in [0, 0.1) is 0 Å². The first-order valence-corrected chi connectivity index (χ1v) is 6.73. The Morgan fingerprint density at radius 1 is 1.50 bits per heavy atom. The average molecular weight is 278 g/mol. The van der Waals surface area contributed by atoms with Crippen LogP contribution < -0.4 is 10.5 Å². The second-order valence-corrected chi connectivity index (χ2v) is 5.80. The molecule has 2 rings (SSSR count). The topological polar surface area (TPSA) is 64.8 Å². The molecule has 2 N–H and O–H groups in total. The summed E-state index contributed by atoms with van der Waals surface area (Å²) in [5, 5.41) is 0. The number of amides is 1. The van der Waals surface area contributed by atoms with Crippen molar-refractivity contribution in [1.29, 1.82) is 0 Å². The van der Waals surface area contributed by atoms with Crippen LogP contribution in [-0.4, -0.2) is 42.7 Å². The van der Waals surface area contributed by atoms with Crippen molar-refractivity contribution < 1.29 is 14.3 Å². The molecule has 1 fully saturated rings. The Bertz CT molecular complexity index is 514. The predicted octanol–water partition coefficient (Wildman–Crippen LogP) is 1.92. The monoisotopic (exact) mass is 278 g/mol. The van der Waals surface area contributed by atoms with Crippen LogP contribution in [0.1, 0.15) is 31.1 Å². The number of nitrogen functional groups attached to an aromatic ring is 1. The fraction of sp³-hybridized carbons (Fsp3) is 0.533. The maximum absolute atomic E-state index is 12.7. The molecule has 0 aliphatic carbocycles. The minimum absolute atomic E-state index is 0.00903. The molecule has 0 spiro atoms. The number of hydrogen-bond donors (Lipinski definition) is 1. The Morgan fingerprint density at radius 3 is 2.80 bits per heavy atom. The molecule has 1 aliphatic rings. The third kappa shape index (κ3) is 2.88. The second kappa shape index (κ2) is 5.32. The highest BCUT2D eigenvalue weighted by Crippen LogP contribution is 2.29. The van der Waals surface area contributed by atoms with Crippen LogP contribution in [0.15, 0.2) is 18.2 Å². The molecule has 5 nitrogen and oxygen atoms in total. The molecule has 0 aromatic heterocycles. The maximum atomic E-state index is 12.7. The van der Waals surface area contributed by atoms with E-state index in [0.717, 1.165) is 0 Å². The number of para-hydroxylation sites is 1. The SMILES string of the molecule is COc1c(N)cccc1C(=O)N1CC(C)OC(C)(C)C1. The van der Waals surface area contributed by atoms with E-state index in [1.54, 1.807) is 23.1 Å². The van der Waals surface area contributed by atoms with Crippen molar-refractivity contribution in [3.63, 3.8) is 0 Å². The van der Waals surface area contributed by atoms with Crippen LogP contribution in [0.3, 0.4) is 0 Å². The van der Waals surface area contributed by atoms with Crippen molar-refractivity contribution >= 4 is 11.6 Å². The van der Waals surface area contributed by atoms with Crippen molar-refractivity contribution in [2.75, 3.05) is 25.9 Å². The van der Waals surface area contributed by atoms with E-state index in [1.165, 1.54) is 7.11 Å². The summed E-state index contributed by atoms with van der Waals surface area (Å²) in [6, 6.07) is 5.23. The summed E-state index contributed by atoms with van der Waals surface area (Å²) in [4.78, 5) is 14.5. The summed E-state index contributed by atoms with van der Waals surface area (Å²) in [6.07, 6.45) is 0.00903. The lowest BCUT2D eigenvalue weighted by atomic mass is 10.0. The Labute approximate surface area is 119 Å². The Morgan fingerprint density at radius 2 is 2.20 bits per heavy atom. The third-order valence-corrected chi connectivity index (χ3v) is 3.34. The van der Waals surface area contributed by atoms with Crippen LogP contribution in [0.5, 0.6) is 5.75 Å². The molecule has 1 saturated heterocycles. The van der Waals surface area contributed by atoms with Gasteiger partial charge in [-0.25, -0.2) is 0 Å². The Hall–Kier alpha value is -1.75. The first-order valence-electron chi connectivity index (χ1n) is 6.73. The molecule has 1 aromatic rings. The van der Waals surface area contributed by atoms with E-state index >= 15 is 0 Å². The van der Waals surface area contributed by atoms with Crippen LogP contribution in [-0.2, 0) is 4.74 Å². The maximum Gasteiger partial charge on any atom is 0.257 e. The lowest BCUT2D eigenvalue weighted by Crippen LogP contribution is -2.53. The molecule has 1 aromatic carbocycles. The highest BCUT2D eigenvalue weighted by Gasteiger charge is 2.34. The van der Waals surface area contributed by atoms with Gasteiger partial charge in [-0.1, -0.05) is 6.07 Å². The highest BCUT2D eigenvalue weighted by molar-refractivity contribution is 5.98. The zero-order valence-corrected chi connectivity index (χ0v) is 12.5. The van der Waals surface area contributed by atoms with Gasteiger partial charge in [0.2, 0.25) is 0 Å². The molecule has 0 radical (unpaired) electrons. The molecule has 0 saturated carbocycles. The van der Waals surface area contributed by atoms with E-state index in [-0.39, 0.29) is 17.6 Å². The van der Waals surface area contributed by atoms with Gasteiger partial charge in [0.25, 0.3) is 5.91 Å². The highest BCUT2D eigenvalue weighted by atomic mass is 16.5. The summed E-state index contributed by atoms with van der Waals surface area (Å²) >= 11 is 0. The van der Waals surface area contributed by atoms with Crippen molar-refractivity contribution in [2.45, 2.75) is 32.5 Å². The number of carbonyl (C=O) groups is 1. The number of ether oxygens (including phenoxy) is 2. The summed E-state index contributed by atoms with van der Waals surface area (Å²) in [7, 11) is 1.52. The van der Waals surface area contributed by atoms with E-state index in [9.17, 15) is 4.79 Å². The van der Waals surface area contributed by atoms with Gasteiger partial charge in [-0.3, -0.25) is 4.79 Å². The summed E-state index contributed by atoms with van der Waals surface area (Å²) in [5.74, 6) is 0.367. The standard InChI is InChI=1S/C15H22N2O3/c1-10-8-17(9-15(2,3)20-10)14(18)11-6-5-7-12(16)13(11)19-4/h5-7,10H,8-9,16H2,1-4H3. The number of nitrogens with zero attached hydrogens (tertiary/aromatic N) is 1. The number of anilines is 1. The van der Waals surface area contributed by atoms with E-state index in [1.807, 2.05) is 20.8 Å². The van der Waals surface area contributed by atoms with Gasteiger partial charge in [-0.15, -0.1) is 0 Å². The number of benzene rings is 1. The molecule has 5 heteroatoms. The normalized spacial score (nSPS) is 21.6. The van der Waals surface area contributed by atoms with Gasteiger partial charge in [-0.2, -0.15) is 0 Å². The molecule has 1 atom stereocenters.